The summed E-state index contributed by atoms with van der Waals surface area (Å²) in [6, 6.07) is 2.59. The third-order valence-corrected chi connectivity index (χ3v) is 6.12. The molecule has 0 unspecified atom stereocenters. The molecule has 1 aromatic heterocycles. The topological polar surface area (TPSA) is 103 Å². The van der Waals surface area contributed by atoms with Crippen LogP contribution in [-0.2, 0) is 14.3 Å². The van der Waals surface area contributed by atoms with Gasteiger partial charge in [-0.05, 0) is 25.0 Å². The average Bonchev–Trinajstić information content (AvgIpc) is 3.13. The highest BCUT2D eigenvalue weighted by atomic mass is 16.5. The first-order valence-corrected chi connectivity index (χ1v) is 10.1. The van der Waals surface area contributed by atoms with Gasteiger partial charge in [-0.3, -0.25) is 14.4 Å². The number of carbonyl (C=O) groups excluding carboxylic acids is 3. The van der Waals surface area contributed by atoms with Crippen LogP contribution in [0.5, 0.6) is 5.75 Å². The van der Waals surface area contributed by atoms with Gasteiger partial charge in [0.1, 0.15) is 12.3 Å². The first-order chi connectivity index (χ1) is 14.0. The summed E-state index contributed by atoms with van der Waals surface area (Å²) in [5, 5.41) is 9.94. The van der Waals surface area contributed by atoms with Gasteiger partial charge in [0.25, 0.3) is 5.91 Å². The van der Waals surface area contributed by atoms with Crippen molar-refractivity contribution < 1.29 is 24.2 Å². The van der Waals surface area contributed by atoms with Gasteiger partial charge in [0, 0.05) is 31.9 Å². The second-order valence-corrected chi connectivity index (χ2v) is 7.77. The first-order valence-electron chi connectivity index (χ1n) is 10.1. The molecule has 1 N–H and O–H groups in total. The van der Waals surface area contributed by atoms with Gasteiger partial charge in [-0.2, -0.15) is 0 Å². The van der Waals surface area contributed by atoms with E-state index in [0.29, 0.717) is 45.7 Å². The molecule has 3 amide bonds. The van der Waals surface area contributed by atoms with Crippen LogP contribution in [0.2, 0.25) is 0 Å². The van der Waals surface area contributed by atoms with Gasteiger partial charge >= 0.3 is 0 Å². The van der Waals surface area contributed by atoms with E-state index < -0.39 is 5.91 Å². The minimum absolute atomic E-state index is 0.0558. The Labute approximate surface area is 169 Å². The molecule has 3 aliphatic rings. The summed E-state index contributed by atoms with van der Waals surface area (Å²) in [4.78, 5) is 47.9. The summed E-state index contributed by atoms with van der Waals surface area (Å²) in [5.74, 6) is -1.01. The third kappa shape index (κ3) is 3.55. The lowest BCUT2D eigenvalue weighted by atomic mass is 9.95. The fourth-order valence-corrected chi connectivity index (χ4v) is 4.77. The van der Waals surface area contributed by atoms with E-state index in [-0.39, 0.29) is 47.8 Å². The van der Waals surface area contributed by atoms with E-state index in [1.807, 2.05) is 16.7 Å². The molecular weight excluding hydrogens is 376 g/mol. The Morgan fingerprint density at radius 3 is 2.72 bits per heavy atom. The Morgan fingerprint density at radius 1 is 1.28 bits per heavy atom. The standard InChI is InChI=1S/C20H26N4O5/c1-2-15-14(19(27)22-6-8-29-9-7-22)10-13-11-23(12-17(26)24(13)15)20(28)18-16(25)4-3-5-21-18/h3-5,13-15,25H,2,6-12H2,1H3/t13-,14-,15-/m0/s1. The number of morpholine rings is 1. The van der Waals surface area contributed by atoms with Gasteiger partial charge in [0.05, 0.1) is 25.2 Å². The van der Waals surface area contributed by atoms with Crippen LogP contribution in [0.3, 0.4) is 0 Å². The number of piperazine rings is 1. The van der Waals surface area contributed by atoms with E-state index in [4.69, 9.17) is 4.74 Å². The maximum atomic E-state index is 13.1. The Hall–Kier alpha value is -2.68. The molecule has 3 saturated heterocycles. The molecule has 4 rings (SSSR count). The molecule has 3 fully saturated rings. The highest BCUT2D eigenvalue weighted by molar-refractivity contribution is 5.98. The molecule has 4 heterocycles. The molecule has 29 heavy (non-hydrogen) atoms. The van der Waals surface area contributed by atoms with E-state index >= 15 is 0 Å². The van der Waals surface area contributed by atoms with Crippen LogP contribution in [-0.4, -0.2) is 94.0 Å². The molecule has 1 aromatic rings. The van der Waals surface area contributed by atoms with Gasteiger partial charge in [0.2, 0.25) is 11.8 Å². The Morgan fingerprint density at radius 2 is 2.03 bits per heavy atom. The molecule has 0 bridgehead atoms. The molecule has 156 valence electrons. The van der Waals surface area contributed by atoms with Crippen molar-refractivity contribution in [3.8, 4) is 5.75 Å². The van der Waals surface area contributed by atoms with Gasteiger partial charge in [-0.25, -0.2) is 4.98 Å². The number of carbonyl (C=O) groups is 3. The Bertz CT molecular complexity index is 810. The molecule has 9 heteroatoms. The van der Waals surface area contributed by atoms with Crippen LogP contribution in [0, 0.1) is 5.92 Å². The number of aromatic hydroxyl groups is 1. The Kier molecular flexibility index (Phi) is 5.40. The molecule has 0 saturated carbocycles. The minimum Gasteiger partial charge on any atom is -0.505 e. The average molecular weight is 402 g/mol. The molecule has 9 nitrogen and oxygen atoms in total. The van der Waals surface area contributed by atoms with Gasteiger partial charge in [-0.15, -0.1) is 0 Å². The molecule has 0 radical (unpaired) electrons. The number of hydrogen-bond donors (Lipinski definition) is 1. The second-order valence-electron chi connectivity index (χ2n) is 7.77. The van der Waals surface area contributed by atoms with Crippen molar-refractivity contribution in [3.05, 3.63) is 24.0 Å². The van der Waals surface area contributed by atoms with Crippen molar-refractivity contribution in [2.45, 2.75) is 31.8 Å². The summed E-state index contributed by atoms with van der Waals surface area (Å²) in [6.45, 7) is 4.49. The third-order valence-electron chi connectivity index (χ3n) is 6.12. The lowest BCUT2D eigenvalue weighted by Gasteiger charge is -2.40. The fraction of sp³-hybridized carbons (Fsp3) is 0.600. The molecule has 3 aliphatic heterocycles. The van der Waals surface area contributed by atoms with Crippen molar-refractivity contribution in [2.24, 2.45) is 5.92 Å². The minimum atomic E-state index is -0.466. The maximum absolute atomic E-state index is 13.1. The van der Waals surface area contributed by atoms with Crippen molar-refractivity contribution in [2.75, 3.05) is 39.4 Å². The molecule has 0 aromatic carbocycles. The largest absolute Gasteiger partial charge is 0.505 e. The second kappa shape index (κ2) is 7.98. The van der Waals surface area contributed by atoms with Crippen molar-refractivity contribution in [1.29, 1.82) is 0 Å². The fourth-order valence-electron chi connectivity index (χ4n) is 4.77. The predicted octanol–water partition coefficient (Wildman–Crippen LogP) is 0.0975. The van der Waals surface area contributed by atoms with Crippen LogP contribution >= 0.6 is 0 Å². The number of fused-ring (bicyclic) bond motifs is 1. The zero-order valence-corrected chi connectivity index (χ0v) is 16.5. The highest BCUT2D eigenvalue weighted by Crippen LogP contribution is 2.36. The zero-order valence-electron chi connectivity index (χ0n) is 16.5. The van der Waals surface area contributed by atoms with E-state index in [1.54, 1.807) is 6.07 Å². The number of aromatic nitrogens is 1. The quantitative estimate of drug-likeness (QED) is 0.769. The number of ether oxygens (including phenoxy) is 1. The number of hydrogen-bond acceptors (Lipinski definition) is 6. The number of pyridine rings is 1. The summed E-state index contributed by atoms with van der Waals surface area (Å²) in [6.07, 6.45) is 2.67. The normalized spacial score (nSPS) is 27.1. The summed E-state index contributed by atoms with van der Waals surface area (Å²) < 4.78 is 5.34. The lowest BCUT2D eigenvalue weighted by Crippen LogP contribution is -2.57. The van der Waals surface area contributed by atoms with Crippen molar-refractivity contribution in [1.82, 2.24) is 19.7 Å². The van der Waals surface area contributed by atoms with Crippen molar-refractivity contribution >= 4 is 17.7 Å². The molecule has 3 atom stereocenters. The zero-order chi connectivity index (χ0) is 20.5. The van der Waals surface area contributed by atoms with Gasteiger partial charge in [0.15, 0.2) is 5.69 Å². The van der Waals surface area contributed by atoms with Gasteiger partial charge < -0.3 is 24.5 Å². The van der Waals surface area contributed by atoms with Crippen LogP contribution in [0.4, 0.5) is 0 Å². The molecular formula is C20H26N4O5. The number of amides is 3. The Balaban J connectivity index is 1.52. The van der Waals surface area contributed by atoms with Crippen LogP contribution in [0.15, 0.2) is 18.3 Å². The van der Waals surface area contributed by atoms with Crippen molar-refractivity contribution in [3.63, 3.8) is 0 Å². The van der Waals surface area contributed by atoms with Crippen LogP contribution in [0.25, 0.3) is 0 Å². The summed E-state index contributed by atoms with van der Waals surface area (Å²) >= 11 is 0. The predicted molar refractivity (Wildman–Crippen MR) is 102 cm³/mol. The monoisotopic (exact) mass is 402 g/mol. The number of nitrogens with zero attached hydrogens (tertiary/aromatic N) is 4. The summed E-state index contributed by atoms with van der Waals surface area (Å²) in [5.41, 5.74) is -0.0558. The van der Waals surface area contributed by atoms with E-state index in [2.05, 4.69) is 4.98 Å². The van der Waals surface area contributed by atoms with E-state index in [0.717, 1.165) is 0 Å². The smallest absolute Gasteiger partial charge is 0.276 e. The summed E-state index contributed by atoms with van der Waals surface area (Å²) in [7, 11) is 0. The lowest BCUT2D eigenvalue weighted by molar-refractivity contribution is -0.143. The van der Waals surface area contributed by atoms with Gasteiger partial charge in [-0.1, -0.05) is 6.92 Å². The van der Waals surface area contributed by atoms with Crippen LogP contribution < -0.4 is 0 Å². The van der Waals surface area contributed by atoms with E-state index in [1.165, 1.54) is 17.2 Å². The maximum Gasteiger partial charge on any atom is 0.276 e. The first kappa shape index (κ1) is 19.6. The molecule has 0 spiro atoms. The number of rotatable bonds is 3. The van der Waals surface area contributed by atoms with Crippen LogP contribution in [0.1, 0.15) is 30.3 Å². The highest BCUT2D eigenvalue weighted by Gasteiger charge is 2.50. The SMILES string of the molecule is CC[C@H]1[C@@H](C(=O)N2CCOCC2)C[C@H]2CN(C(=O)c3ncccc3O)CC(=O)N21. The molecule has 0 aliphatic carbocycles. The van der Waals surface area contributed by atoms with E-state index in [9.17, 15) is 19.5 Å².